The minimum absolute atomic E-state index is 0.115. The summed E-state index contributed by atoms with van der Waals surface area (Å²) in [4.78, 5) is 0. The summed E-state index contributed by atoms with van der Waals surface area (Å²) in [6.45, 7) is 1.90. The van der Waals surface area contributed by atoms with Gasteiger partial charge in [-0.05, 0) is 18.6 Å². The summed E-state index contributed by atoms with van der Waals surface area (Å²) in [5.41, 5.74) is -0.501. The molecule has 2 nitrogen and oxygen atoms in total. The van der Waals surface area contributed by atoms with Gasteiger partial charge in [-0.1, -0.05) is 6.92 Å². The Hall–Kier alpha value is -0.840. The molecule has 0 aliphatic carbocycles. The van der Waals surface area contributed by atoms with Crippen LogP contribution in [0.2, 0.25) is 0 Å². The molecule has 15 heavy (non-hydrogen) atoms. The molecule has 0 saturated carbocycles. The van der Waals surface area contributed by atoms with Crippen LogP contribution in [0.1, 0.15) is 24.7 Å². The molecule has 1 rings (SSSR count). The Labute approximate surface area is 90.5 Å². The summed E-state index contributed by atoms with van der Waals surface area (Å²) in [6.07, 6.45) is -3.26. The molecule has 1 aromatic heterocycles. The van der Waals surface area contributed by atoms with Crippen LogP contribution in [-0.4, -0.2) is 15.6 Å². The highest BCUT2D eigenvalue weighted by molar-refractivity contribution is 6.20. The Morgan fingerprint density at radius 1 is 1.33 bits per heavy atom. The number of rotatable bonds is 3. The van der Waals surface area contributed by atoms with Gasteiger partial charge in [0.1, 0.15) is 0 Å². The molecule has 0 N–H and O–H groups in total. The van der Waals surface area contributed by atoms with Crippen molar-refractivity contribution in [2.45, 2.75) is 31.3 Å². The van der Waals surface area contributed by atoms with Gasteiger partial charge >= 0.3 is 6.18 Å². The minimum atomic E-state index is -4.43. The fraction of sp³-hybridized carbons (Fsp3) is 0.556. The molecule has 1 unspecified atom stereocenters. The van der Waals surface area contributed by atoms with Crippen LogP contribution in [-0.2, 0) is 12.6 Å². The minimum Gasteiger partial charge on any atom is -0.164 e. The zero-order chi connectivity index (χ0) is 11.5. The fourth-order valence-electron chi connectivity index (χ4n) is 0.991. The number of hydrogen-bond acceptors (Lipinski definition) is 2. The van der Waals surface area contributed by atoms with Crippen molar-refractivity contribution < 1.29 is 13.2 Å². The summed E-state index contributed by atoms with van der Waals surface area (Å²) < 4.78 is 36.4. The Morgan fingerprint density at radius 3 is 2.40 bits per heavy atom. The molecule has 1 atom stereocenters. The molecule has 0 aromatic carbocycles. The first-order valence-corrected chi connectivity index (χ1v) is 4.91. The third-order valence-electron chi connectivity index (χ3n) is 1.88. The Bertz CT molecular complexity index is 310. The van der Waals surface area contributed by atoms with Gasteiger partial charge in [-0.3, -0.25) is 0 Å². The van der Waals surface area contributed by atoms with E-state index in [1.807, 2.05) is 6.92 Å². The molecule has 0 bridgehead atoms. The van der Waals surface area contributed by atoms with E-state index in [4.69, 9.17) is 11.6 Å². The summed E-state index contributed by atoms with van der Waals surface area (Å²) in [5.74, 6) is 0. The highest BCUT2D eigenvalue weighted by Gasteiger charge is 2.32. The van der Waals surface area contributed by atoms with Crippen LogP contribution < -0.4 is 0 Å². The van der Waals surface area contributed by atoms with Gasteiger partial charge in [0.2, 0.25) is 0 Å². The van der Waals surface area contributed by atoms with Crippen LogP contribution in [0.15, 0.2) is 12.1 Å². The maximum Gasteiger partial charge on any atom is 0.435 e. The lowest BCUT2D eigenvalue weighted by Gasteiger charge is -2.07. The van der Waals surface area contributed by atoms with E-state index in [2.05, 4.69) is 10.2 Å². The SMILES string of the molecule is CCC(Cl)Cc1ccc(C(F)(F)F)nn1. The molecule has 0 amide bonds. The maximum absolute atomic E-state index is 12.1. The molecule has 1 heterocycles. The standard InChI is InChI=1S/C9H10ClF3N2/c1-2-6(10)5-7-3-4-8(15-14-7)9(11,12)13/h3-4,6H,2,5H2,1H3. The Morgan fingerprint density at radius 2 is 2.00 bits per heavy atom. The lowest BCUT2D eigenvalue weighted by molar-refractivity contribution is -0.141. The number of nitrogens with zero attached hydrogens (tertiary/aromatic N) is 2. The van der Waals surface area contributed by atoms with Crippen molar-refractivity contribution >= 4 is 11.6 Å². The second kappa shape index (κ2) is 4.79. The van der Waals surface area contributed by atoms with Gasteiger partial charge in [0, 0.05) is 11.8 Å². The van der Waals surface area contributed by atoms with Gasteiger partial charge in [0.05, 0.1) is 5.69 Å². The Balaban J connectivity index is 2.73. The van der Waals surface area contributed by atoms with Crippen LogP contribution >= 0.6 is 11.6 Å². The van der Waals surface area contributed by atoms with Crippen molar-refractivity contribution in [1.82, 2.24) is 10.2 Å². The molecule has 1 aromatic rings. The average Bonchev–Trinajstić information content (AvgIpc) is 2.17. The number of aromatic nitrogens is 2. The van der Waals surface area contributed by atoms with Gasteiger partial charge in [0.15, 0.2) is 5.69 Å². The summed E-state index contributed by atoms with van der Waals surface area (Å²) in [6, 6.07) is 2.22. The van der Waals surface area contributed by atoms with E-state index >= 15 is 0 Å². The molecule has 84 valence electrons. The van der Waals surface area contributed by atoms with E-state index in [1.165, 1.54) is 6.07 Å². The zero-order valence-corrected chi connectivity index (χ0v) is 8.81. The highest BCUT2D eigenvalue weighted by Crippen LogP contribution is 2.26. The first-order chi connectivity index (χ1) is 6.93. The highest BCUT2D eigenvalue weighted by atomic mass is 35.5. The van der Waals surface area contributed by atoms with Crippen LogP contribution in [0.5, 0.6) is 0 Å². The van der Waals surface area contributed by atoms with E-state index in [-0.39, 0.29) is 5.38 Å². The molecule has 0 saturated heterocycles. The van der Waals surface area contributed by atoms with E-state index in [9.17, 15) is 13.2 Å². The van der Waals surface area contributed by atoms with E-state index in [0.717, 1.165) is 12.5 Å². The topological polar surface area (TPSA) is 25.8 Å². The van der Waals surface area contributed by atoms with Crippen molar-refractivity contribution in [2.75, 3.05) is 0 Å². The molecule has 0 aliphatic rings. The van der Waals surface area contributed by atoms with Crippen LogP contribution in [0, 0.1) is 0 Å². The summed E-state index contributed by atoms with van der Waals surface area (Å²) >= 11 is 5.84. The molecule has 0 spiro atoms. The van der Waals surface area contributed by atoms with Gasteiger partial charge < -0.3 is 0 Å². The Kier molecular flexibility index (Phi) is 3.90. The van der Waals surface area contributed by atoms with Crippen LogP contribution in [0.4, 0.5) is 13.2 Å². The van der Waals surface area contributed by atoms with E-state index < -0.39 is 11.9 Å². The number of hydrogen-bond donors (Lipinski definition) is 0. The number of halogens is 4. The molecule has 0 aliphatic heterocycles. The van der Waals surface area contributed by atoms with Crippen LogP contribution in [0.25, 0.3) is 0 Å². The van der Waals surface area contributed by atoms with Gasteiger partial charge in [0.25, 0.3) is 0 Å². The van der Waals surface area contributed by atoms with Crippen molar-refractivity contribution in [1.29, 1.82) is 0 Å². The lowest BCUT2D eigenvalue weighted by atomic mass is 10.2. The second-order valence-corrected chi connectivity index (χ2v) is 3.73. The molecule has 0 radical (unpaired) electrons. The predicted octanol–water partition coefficient (Wildman–Crippen LogP) is 3.06. The van der Waals surface area contributed by atoms with E-state index in [0.29, 0.717) is 12.1 Å². The largest absolute Gasteiger partial charge is 0.435 e. The smallest absolute Gasteiger partial charge is 0.164 e. The zero-order valence-electron chi connectivity index (χ0n) is 8.05. The molecular weight excluding hydrogens is 229 g/mol. The first kappa shape index (κ1) is 12.2. The predicted molar refractivity (Wildman–Crippen MR) is 50.7 cm³/mol. The van der Waals surface area contributed by atoms with Gasteiger partial charge in [-0.2, -0.15) is 18.3 Å². The number of alkyl halides is 4. The maximum atomic E-state index is 12.1. The monoisotopic (exact) mass is 238 g/mol. The van der Waals surface area contributed by atoms with Crippen molar-refractivity contribution in [2.24, 2.45) is 0 Å². The summed E-state index contributed by atoms with van der Waals surface area (Å²) in [7, 11) is 0. The fourth-order valence-corrected chi connectivity index (χ4v) is 1.15. The third-order valence-corrected chi connectivity index (χ3v) is 2.35. The normalized spacial score (nSPS) is 13.9. The van der Waals surface area contributed by atoms with Crippen molar-refractivity contribution in [3.63, 3.8) is 0 Å². The summed E-state index contributed by atoms with van der Waals surface area (Å²) in [5, 5.41) is 6.47. The quantitative estimate of drug-likeness (QED) is 0.757. The van der Waals surface area contributed by atoms with Crippen molar-refractivity contribution in [3.8, 4) is 0 Å². The first-order valence-electron chi connectivity index (χ1n) is 4.47. The van der Waals surface area contributed by atoms with E-state index in [1.54, 1.807) is 0 Å². The lowest BCUT2D eigenvalue weighted by Crippen LogP contribution is -2.11. The van der Waals surface area contributed by atoms with Gasteiger partial charge in [-0.25, -0.2) is 0 Å². The molecular formula is C9H10ClF3N2. The molecule has 0 fully saturated rings. The second-order valence-electron chi connectivity index (χ2n) is 3.12. The van der Waals surface area contributed by atoms with Crippen molar-refractivity contribution in [3.05, 3.63) is 23.5 Å². The van der Waals surface area contributed by atoms with Gasteiger partial charge in [-0.15, -0.1) is 16.7 Å². The van der Waals surface area contributed by atoms with Crippen LogP contribution in [0.3, 0.4) is 0 Å². The molecule has 6 heteroatoms. The average molecular weight is 239 g/mol. The third kappa shape index (κ3) is 3.66.